The first-order valence-corrected chi connectivity index (χ1v) is 5.17. The molecule has 6 heteroatoms. The van der Waals surface area contributed by atoms with Gasteiger partial charge in [0, 0.05) is 17.7 Å². The van der Waals surface area contributed by atoms with Crippen LogP contribution in [-0.4, -0.2) is 18.2 Å². The third-order valence-corrected chi connectivity index (χ3v) is 2.56. The lowest BCUT2D eigenvalue weighted by atomic mass is 10.5. The summed E-state index contributed by atoms with van der Waals surface area (Å²) in [5, 5.41) is 3.86. The molecule has 4 nitrogen and oxygen atoms in total. The first kappa shape index (κ1) is 8.55. The summed E-state index contributed by atoms with van der Waals surface area (Å²) in [4.78, 5) is 0. The van der Waals surface area contributed by atoms with E-state index in [0.717, 1.165) is 0 Å². The van der Waals surface area contributed by atoms with Crippen LogP contribution in [0.25, 0.3) is 0 Å². The molecule has 1 rings (SSSR count). The largest absolute Gasteiger partial charge is 0.278 e. The van der Waals surface area contributed by atoms with Crippen molar-refractivity contribution in [2.75, 3.05) is 0 Å². The van der Waals surface area contributed by atoms with Crippen LogP contribution in [0.2, 0.25) is 0 Å². The number of hydrogen-bond donors (Lipinski definition) is 0. The van der Waals surface area contributed by atoms with Gasteiger partial charge in [0.15, 0.2) is 5.03 Å². The molecule has 0 aliphatic carbocycles. The average molecular weight is 195 g/mol. The van der Waals surface area contributed by atoms with Gasteiger partial charge in [0.25, 0.3) is 9.05 Å². The number of aromatic nitrogens is 2. The second-order valence-corrected chi connectivity index (χ2v) is 4.70. The SMILES string of the molecule is Cc1cc(S(=O)(=O)Cl)n(C)n1. The highest BCUT2D eigenvalue weighted by atomic mass is 35.7. The van der Waals surface area contributed by atoms with Gasteiger partial charge < -0.3 is 0 Å². The standard InChI is InChI=1S/C5H7ClN2O2S/c1-4-3-5(8(2)7-4)11(6,9)10/h3H,1-2H3. The van der Waals surface area contributed by atoms with Crippen molar-refractivity contribution in [2.45, 2.75) is 11.9 Å². The lowest BCUT2D eigenvalue weighted by Gasteiger charge is -1.93. The molecule has 0 spiro atoms. The summed E-state index contributed by atoms with van der Waals surface area (Å²) in [5.41, 5.74) is 0.631. The molecule has 0 saturated heterocycles. The molecule has 1 heterocycles. The smallest absolute Gasteiger partial charge is 0.256 e. The molecule has 0 unspecified atom stereocenters. The minimum atomic E-state index is -3.64. The third-order valence-electron chi connectivity index (χ3n) is 1.21. The molecule has 0 aliphatic rings. The van der Waals surface area contributed by atoms with Crippen LogP contribution in [-0.2, 0) is 16.1 Å². The first-order valence-electron chi connectivity index (χ1n) is 2.86. The van der Waals surface area contributed by atoms with Crippen molar-refractivity contribution in [1.82, 2.24) is 9.78 Å². The van der Waals surface area contributed by atoms with E-state index in [2.05, 4.69) is 5.10 Å². The highest BCUT2D eigenvalue weighted by Crippen LogP contribution is 2.14. The summed E-state index contributed by atoms with van der Waals surface area (Å²) in [6.07, 6.45) is 0. The van der Waals surface area contributed by atoms with Crippen LogP contribution in [0.5, 0.6) is 0 Å². The van der Waals surface area contributed by atoms with E-state index in [1.165, 1.54) is 17.8 Å². The van der Waals surface area contributed by atoms with E-state index in [1.807, 2.05) is 0 Å². The van der Waals surface area contributed by atoms with Gasteiger partial charge in [-0.05, 0) is 13.0 Å². The van der Waals surface area contributed by atoms with Gasteiger partial charge >= 0.3 is 0 Å². The number of rotatable bonds is 1. The van der Waals surface area contributed by atoms with Gasteiger partial charge in [-0.1, -0.05) is 0 Å². The van der Waals surface area contributed by atoms with Gasteiger partial charge in [0.05, 0.1) is 5.69 Å². The maximum absolute atomic E-state index is 10.8. The molecule has 11 heavy (non-hydrogen) atoms. The molecule has 0 aliphatic heterocycles. The third kappa shape index (κ3) is 1.72. The zero-order chi connectivity index (χ0) is 8.65. The Morgan fingerprint density at radius 3 is 2.36 bits per heavy atom. The van der Waals surface area contributed by atoms with Crippen molar-refractivity contribution in [3.63, 3.8) is 0 Å². The summed E-state index contributed by atoms with van der Waals surface area (Å²) < 4.78 is 22.8. The van der Waals surface area contributed by atoms with Crippen LogP contribution >= 0.6 is 10.7 Å². The zero-order valence-electron chi connectivity index (χ0n) is 6.07. The summed E-state index contributed by atoms with van der Waals surface area (Å²) in [5.74, 6) is 0. The summed E-state index contributed by atoms with van der Waals surface area (Å²) in [6.45, 7) is 1.70. The maximum atomic E-state index is 10.8. The van der Waals surface area contributed by atoms with E-state index in [4.69, 9.17) is 10.7 Å². The van der Waals surface area contributed by atoms with Gasteiger partial charge in [-0.3, -0.25) is 4.68 Å². The Morgan fingerprint density at radius 2 is 2.18 bits per heavy atom. The summed E-state index contributed by atoms with van der Waals surface area (Å²) in [7, 11) is 2.98. The molecule has 0 aromatic carbocycles. The Kier molecular flexibility index (Phi) is 1.94. The van der Waals surface area contributed by atoms with Crippen molar-refractivity contribution in [1.29, 1.82) is 0 Å². The van der Waals surface area contributed by atoms with Crippen LogP contribution in [0.15, 0.2) is 11.1 Å². The number of nitrogens with zero attached hydrogens (tertiary/aromatic N) is 2. The first-order chi connectivity index (χ1) is 4.91. The predicted molar refractivity (Wildman–Crippen MR) is 41.0 cm³/mol. The van der Waals surface area contributed by atoms with Crippen molar-refractivity contribution >= 4 is 19.7 Å². The lowest BCUT2D eigenvalue weighted by molar-refractivity contribution is 0.590. The van der Waals surface area contributed by atoms with Gasteiger partial charge in [-0.2, -0.15) is 5.10 Å². The van der Waals surface area contributed by atoms with Gasteiger partial charge in [-0.25, -0.2) is 8.42 Å². The topological polar surface area (TPSA) is 52.0 Å². The molecular formula is C5H7ClN2O2S. The van der Waals surface area contributed by atoms with Gasteiger partial charge in [0.2, 0.25) is 0 Å². The van der Waals surface area contributed by atoms with Crippen LogP contribution in [0.3, 0.4) is 0 Å². The van der Waals surface area contributed by atoms with Crippen LogP contribution in [0, 0.1) is 6.92 Å². The van der Waals surface area contributed by atoms with Gasteiger partial charge in [-0.15, -0.1) is 0 Å². The van der Waals surface area contributed by atoms with Crippen molar-refractivity contribution in [2.24, 2.45) is 7.05 Å². The molecule has 0 N–H and O–H groups in total. The van der Waals surface area contributed by atoms with Crippen molar-refractivity contribution in [3.8, 4) is 0 Å². The van der Waals surface area contributed by atoms with E-state index in [9.17, 15) is 8.42 Å². The minimum absolute atomic E-state index is 0.0247. The zero-order valence-corrected chi connectivity index (χ0v) is 7.65. The molecule has 0 atom stereocenters. The van der Waals surface area contributed by atoms with E-state index in [-0.39, 0.29) is 5.03 Å². The van der Waals surface area contributed by atoms with E-state index < -0.39 is 9.05 Å². The Morgan fingerprint density at radius 1 is 1.64 bits per heavy atom. The average Bonchev–Trinajstić information content (AvgIpc) is 2.08. The van der Waals surface area contributed by atoms with Gasteiger partial charge in [0.1, 0.15) is 0 Å². The van der Waals surface area contributed by atoms with E-state index in [0.29, 0.717) is 5.69 Å². The fraction of sp³-hybridized carbons (Fsp3) is 0.400. The molecule has 1 aromatic heterocycles. The Labute approximate surface area is 69.2 Å². The number of hydrogen-bond acceptors (Lipinski definition) is 3. The highest BCUT2D eigenvalue weighted by molar-refractivity contribution is 8.13. The fourth-order valence-corrected chi connectivity index (χ4v) is 1.92. The Bertz CT molecular complexity index is 368. The predicted octanol–water partition coefficient (Wildman–Crippen LogP) is 0.656. The second-order valence-electron chi connectivity index (χ2n) is 2.19. The molecule has 62 valence electrons. The Hall–Kier alpha value is -0.550. The molecule has 0 saturated carbocycles. The summed E-state index contributed by atoms with van der Waals surface area (Å²) in [6, 6.07) is 1.42. The molecule has 0 bridgehead atoms. The quantitative estimate of drug-likeness (QED) is 0.617. The number of aryl methyl sites for hydroxylation is 2. The van der Waals surface area contributed by atoms with E-state index >= 15 is 0 Å². The molecule has 0 amide bonds. The van der Waals surface area contributed by atoms with Crippen molar-refractivity contribution in [3.05, 3.63) is 11.8 Å². The molecule has 0 radical (unpaired) electrons. The van der Waals surface area contributed by atoms with Crippen LogP contribution in [0.4, 0.5) is 0 Å². The normalized spacial score (nSPS) is 11.9. The maximum Gasteiger partial charge on any atom is 0.278 e. The Balaban J connectivity index is 3.36. The minimum Gasteiger partial charge on any atom is -0.256 e. The second kappa shape index (κ2) is 2.49. The molecular weight excluding hydrogens is 188 g/mol. The summed E-state index contributed by atoms with van der Waals surface area (Å²) >= 11 is 0. The van der Waals surface area contributed by atoms with Crippen LogP contribution in [0.1, 0.15) is 5.69 Å². The number of halogens is 1. The lowest BCUT2D eigenvalue weighted by Crippen LogP contribution is -2.00. The van der Waals surface area contributed by atoms with Crippen molar-refractivity contribution < 1.29 is 8.42 Å². The molecule has 0 fully saturated rings. The monoisotopic (exact) mass is 194 g/mol. The van der Waals surface area contributed by atoms with E-state index in [1.54, 1.807) is 6.92 Å². The molecule has 1 aromatic rings. The highest BCUT2D eigenvalue weighted by Gasteiger charge is 2.15. The fourth-order valence-electron chi connectivity index (χ4n) is 0.815. The van der Waals surface area contributed by atoms with Crippen LogP contribution < -0.4 is 0 Å².